The summed E-state index contributed by atoms with van der Waals surface area (Å²) in [6, 6.07) is 0.417. The Bertz CT molecular complexity index is 388. The topological polar surface area (TPSA) is 75.9 Å². The van der Waals surface area contributed by atoms with Crippen LogP contribution in [0, 0.1) is 0 Å². The van der Waals surface area contributed by atoms with E-state index in [-0.39, 0.29) is 24.6 Å². The molecule has 2 fully saturated rings. The molecule has 0 aromatic carbocycles. The summed E-state index contributed by atoms with van der Waals surface area (Å²) in [6.45, 7) is 6.80. The minimum atomic E-state index is -0.488. The smallest absolute Gasteiger partial charge is 0.410 e. The maximum absolute atomic E-state index is 12.0. The van der Waals surface area contributed by atoms with E-state index < -0.39 is 5.60 Å². The lowest BCUT2D eigenvalue weighted by molar-refractivity contribution is -0.132. The van der Waals surface area contributed by atoms with Crippen molar-refractivity contribution in [1.29, 1.82) is 0 Å². The first kappa shape index (κ1) is 15.1. The highest BCUT2D eigenvalue weighted by Crippen LogP contribution is 2.31. The number of carbonyl (C=O) groups is 2. The van der Waals surface area contributed by atoms with E-state index in [1.165, 1.54) is 0 Å². The fourth-order valence-electron chi connectivity index (χ4n) is 2.62. The molecular formula is C14H25N3O3. The fraction of sp³-hybridized carbons (Fsp3) is 0.857. The van der Waals surface area contributed by atoms with Gasteiger partial charge in [0.25, 0.3) is 0 Å². The third kappa shape index (κ3) is 3.62. The van der Waals surface area contributed by atoms with Crippen LogP contribution in [0.25, 0.3) is 0 Å². The zero-order chi connectivity index (χ0) is 14.9. The van der Waals surface area contributed by atoms with Gasteiger partial charge in [-0.1, -0.05) is 0 Å². The Morgan fingerprint density at radius 1 is 1.25 bits per heavy atom. The van der Waals surface area contributed by atoms with Gasteiger partial charge in [-0.15, -0.1) is 0 Å². The summed E-state index contributed by atoms with van der Waals surface area (Å²) in [5.41, 5.74) is 5.00. The first-order valence-corrected chi connectivity index (χ1v) is 7.31. The first-order valence-electron chi connectivity index (χ1n) is 7.31. The number of nitrogens with two attached hydrogens (primary N) is 1. The predicted octanol–water partition coefficient (Wildman–Crippen LogP) is 0.946. The fourth-order valence-corrected chi connectivity index (χ4v) is 2.62. The molecule has 1 saturated carbocycles. The van der Waals surface area contributed by atoms with Crippen LogP contribution in [0.2, 0.25) is 0 Å². The number of likely N-dealkylation sites (tertiary alicyclic amines) is 1. The van der Waals surface area contributed by atoms with Crippen molar-refractivity contribution in [1.82, 2.24) is 9.80 Å². The molecule has 0 aromatic heterocycles. The summed E-state index contributed by atoms with van der Waals surface area (Å²) in [6.07, 6.45) is 2.61. The summed E-state index contributed by atoms with van der Waals surface area (Å²) < 4.78 is 5.37. The van der Waals surface area contributed by atoms with Crippen LogP contribution in [0.15, 0.2) is 0 Å². The SMILES string of the molecule is CC(C)(C)OC(=O)N1CC[C@H](N(C(=O)CN)C2CC2)C1. The number of rotatable bonds is 3. The maximum atomic E-state index is 12.0. The van der Waals surface area contributed by atoms with Gasteiger partial charge in [0.1, 0.15) is 5.60 Å². The van der Waals surface area contributed by atoms with Crippen LogP contribution in [0.3, 0.4) is 0 Å². The van der Waals surface area contributed by atoms with Crippen LogP contribution >= 0.6 is 0 Å². The van der Waals surface area contributed by atoms with Gasteiger partial charge in [0, 0.05) is 19.1 Å². The highest BCUT2D eigenvalue weighted by atomic mass is 16.6. The van der Waals surface area contributed by atoms with E-state index in [1.54, 1.807) is 4.90 Å². The van der Waals surface area contributed by atoms with Gasteiger partial charge in [0.15, 0.2) is 0 Å². The molecule has 2 aliphatic rings. The second-order valence-electron chi connectivity index (χ2n) is 6.61. The van der Waals surface area contributed by atoms with Crippen LogP contribution in [0.5, 0.6) is 0 Å². The molecule has 6 heteroatoms. The molecule has 0 spiro atoms. The standard InChI is InChI=1S/C14H25N3O3/c1-14(2,3)20-13(19)16-7-6-11(9-16)17(10-4-5-10)12(18)8-15/h10-11H,4-9,15H2,1-3H3/t11-/m0/s1. The van der Waals surface area contributed by atoms with E-state index in [0.29, 0.717) is 19.1 Å². The van der Waals surface area contributed by atoms with E-state index in [1.807, 2.05) is 25.7 Å². The molecule has 1 aliphatic heterocycles. The van der Waals surface area contributed by atoms with Gasteiger partial charge in [-0.05, 0) is 40.0 Å². The van der Waals surface area contributed by atoms with Gasteiger partial charge in [-0.3, -0.25) is 4.79 Å². The Hall–Kier alpha value is -1.30. The lowest BCUT2D eigenvalue weighted by Gasteiger charge is -2.29. The Labute approximate surface area is 120 Å². The quantitative estimate of drug-likeness (QED) is 0.836. The van der Waals surface area contributed by atoms with Crippen molar-refractivity contribution in [2.45, 2.75) is 57.7 Å². The van der Waals surface area contributed by atoms with Crippen molar-refractivity contribution in [3.8, 4) is 0 Å². The molecule has 114 valence electrons. The highest BCUT2D eigenvalue weighted by Gasteiger charge is 2.41. The molecular weight excluding hydrogens is 258 g/mol. The molecule has 1 saturated heterocycles. The molecule has 1 aliphatic carbocycles. The highest BCUT2D eigenvalue weighted by molar-refractivity contribution is 5.79. The number of amides is 2. The van der Waals surface area contributed by atoms with Gasteiger partial charge >= 0.3 is 6.09 Å². The summed E-state index contributed by atoms with van der Waals surface area (Å²) >= 11 is 0. The van der Waals surface area contributed by atoms with Crippen molar-refractivity contribution < 1.29 is 14.3 Å². The Morgan fingerprint density at radius 3 is 2.40 bits per heavy atom. The van der Waals surface area contributed by atoms with Gasteiger partial charge in [0.2, 0.25) is 5.91 Å². The average molecular weight is 283 g/mol. The number of hydrogen-bond donors (Lipinski definition) is 1. The van der Waals surface area contributed by atoms with E-state index >= 15 is 0 Å². The van der Waals surface area contributed by atoms with Crippen LogP contribution < -0.4 is 5.73 Å². The molecule has 0 aromatic rings. The number of nitrogens with zero attached hydrogens (tertiary/aromatic N) is 2. The molecule has 2 amide bonds. The molecule has 2 N–H and O–H groups in total. The van der Waals surface area contributed by atoms with Gasteiger partial charge in [-0.2, -0.15) is 0 Å². The third-order valence-electron chi connectivity index (χ3n) is 3.61. The summed E-state index contributed by atoms with van der Waals surface area (Å²) in [5, 5.41) is 0. The molecule has 6 nitrogen and oxygen atoms in total. The average Bonchev–Trinajstić information content (AvgIpc) is 3.03. The van der Waals surface area contributed by atoms with Crippen molar-refractivity contribution in [3.05, 3.63) is 0 Å². The second kappa shape index (κ2) is 5.60. The van der Waals surface area contributed by atoms with Gasteiger partial charge in [-0.25, -0.2) is 4.79 Å². The van der Waals surface area contributed by atoms with Crippen LogP contribution in [-0.2, 0) is 9.53 Å². The van der Waals surface area contributed by atoms with Crippen LogP contribution in [0.4, 0.5) is 4.79 Å². The van der Waals surface area contributed by atoms with Gasteiger partial charge < -0.3 is 20.3 Å². The van der Waals surface area contributed by atoms with Crippen molar-refractivity contribution in [2.75, 3.05) is 19.6 Å². The minimum absolute atomic E-state index is 0.0106. The Kier molecular flexibility index (Phi) is 4.22. The van der Waals surface area contributed by atoms with Crippen LogP contribution in [0.1, 0.15) is 40.0 Å². The Balaban J connectivity index is 1.93. The first-order chi connectivity index (χ1) is 9.31. The van der Waals surface area contributed by atoms with E-state index in [0.717, 1.165) is 19.3 Å². The molecule has 0 unspecified atom stereocenters. The second-order valence-corrected chi connectivity index (χ2v) is 6.61. The summed E-state index contributed by atoms with van der Waals surface area (Å²) in [5.74, 6) is -0.0106. The normalized spacial score (nSPS) is 22.8. The summed E-state index contributed by atoms with van der Waals surface area (Å²) in [7, 11) is 0. The number of hydrogen-bond acceptors (Lipinski definition) is 4. The monoisotopic (exact) mass is 283 g/mol. The predicted molar refractivity (Wildman–Crippen MR) is 75.1 cm³/mol. The van der Waals surface area contributed by atoms with E-state index in [9.17, 15) is 9.59 Å². The Morgan fingerprint density at radius 2 is 1.90 bits per heavy atom. The molecule has 0 radical (unpaired) electrons. The molecule has 1 atom stereocenters. The molecule has 1 heterocycles. The zero-order valence-corrected chi connectivity index (χ0v) is 12.6. The number of carbonyl (C=O) groups excluding carboxylic acids is 2. The van der Waals surface area contributed by atoms with Gasteiger partial charge in [0.05, 0.1) is 12.6 Å². The third-order valence-corrected chi connectivity index (χ3v) is 3.61. The maximum Gasteiger partial charge on any atom is 0.410 e. The van der Waals surface area contributed by atoms with Crippen molar-refractivity contribution >= 4 is 12.0 Å². The lowest BCUT2D eigenvalue weighted by atomic mass is 10.2. The lowest BCUT2D eigenvalue weighted by Crippen LogP contribution is -2.47. The van der Waals surface area contributed by atoms with Crippen molar-refractivity contribution in [2.24, 2.45) is 5.73 Å². The molecule has 20 heavy (non-hydrogen) atoms. The molecule has 2 rings (SSSR count). The van der Waals surface area contributed by atoms with Crippen LogP contribution in [-0.4, -0.2) is 59.1 Å². The van der Waals surface area contributed by atoms with E-state index in [4.69, 9.17) is 10.5 Å². The zero-order valence-electron chi connectivity index (χ0n) is 12.6. The number of ether oxygens (including phenoxy) is 1. The largest absolute Gasteiger partial charge is 0.444 e. The summed E-state index contributed by atoms with van der Waals surface area (Å²) in [4.78, 5) is 27.6. The minimum Gasteiger partial charge on any atom is -0.444 e. The van der Waals surface area contributed by atoms with Crippen molar-refractivity contribution in [3.63, 3.8) is 0 Å². The molecule has 0 bridgehead atoms. The van der Waals surface area contributed by atoms with E-state index in [2.05, 4.69) is 0 Å².